The number of amides is 1. The number of carbonyl (C=O) groups is 1. The lowest BCUT2D eigenvalue weighted by Gasteiger charge is -2.14. The van der Waals surface area contributed by atoms with Crippen molar-refractivity contribution in [2.45, 2.75) is 50.5 Å². The smallest absolute Gasteiger partial charge is 0.274 e. The number of anilines is 1. The van der Waals surface area contributed by atoms with Gasteiger partial charge >= 0.3 is 0 Å². The topological polar surface area (TPSA) is 118 Å². The van der Waals surface area contributed by atoms with Crippen LogP contribution in [0.25, 0.3) is 0 Å². The summed E-state index contributed by atoms with van der Waals surface area (Å²) < 4.78 is 30.9. The summed E-state index contributed by atoms with van der Waals surface area (Å²) in [5.74, 6) is -0.406. The molecule has 0 bridgehead atoms. The summed E-state index contributed by atoms with van der Waals surface area (Å²) in [7, 11) is -3.45. The lowest BCUT2D eigenvalue weighted by molar-refractivity contribution is 0.102. The number of pyridine rings is 1. The van der Waals surface area contributed by atoms with E-state index >= 15 is 0 Å². The lowest BCUT2D eigenvalue weighted by atomic mass is 9.93. The molecule has 40 heavy (non-hydrogen) atoms. The molecule has 2 heterocycles. The van der Waals surface area contributed by atoms with Crippen LogP contribution in [0.3, 0.4) is 0 Å². The highest BCUT2D eigenvalue weighted by Crippen LogP contribution is 2.27. The fourth-order valence-corrected chi connectivity index (χ4v) is 6.10. The number of nitrogens with one attached hydrogen (secondary N) is 1. The second-order valence-corrected chi connectivity index (χ2v) is 13.7. The molecule has 2 aromatic heterocycles. The fourth-order valence-electron chi connectivity index (χ4n) is 3.73. The molecule has 0 aliphatic carbocycles. The number of hydrogen-bond acceptors (Lipinski definition) is 8. The Morgan fingerprint density at radius 3 is 2.52 bits per heavy atom. The number of aromatic hydroxyl groups is 1. The van der Waals surface area contributed by atoms with E-state index < -0.39 is 15.7 Å². The van der Waals surface area contributed by atoms with Crippen molar-refractivity contribution < 1.29 is 23.1 Å². The number of hydrogen-bond donors (Lipinski definition) is 2. The second kappa shape index (κ2) is 12.4. The number of phenolic OH excluding ortho intramolecular Hbond substituents is 1. The molecule has 0 aliphatic rings. The van der Waals surface area contributed by atoms with Crippen molar-refractivity contribution >= 4 is 44.4 Å². The maximum Gasteiger partial charge on any atom is 0.274 e. The molecule has 0 saturated carbocycles. The number of benzene rings is 2. The first-order valence-corrected chi connectivity index (χ1v) is 15.5. The van der Waals surface area contributed by atoms with E-state index in [1.807, 2.05) is 5.38 Å². The van der Waals surface area contributed by atoms with Crippen molar-refractivity contribution in [1.82, 2.24) is 9.97 Å². The van der Waals surface area contributed by atoms with Gasteiger partial charge in [0, 0.05) is 21.9 Å². The van der Waals surface area contributed by atoms with Crippen LogP contribution >= 0.6 is 22.9 Å². The fraction of sp³-hybridized carbons (Fsp3) is 0.276. The van der Waals surface area contributed by atoms with Crippen molar-refractivity contribution in [3.63, 3.8) is 0 Å². The van der Waals surface area contributed by atoms with Crippen LogP contribution in [0.4, 0.5) is 5.69 Å². The Morgan fingerprint density at radius 1 is 1.07 bits per heavy atom. The van der Waals surface area contributed by atoms with Gasteiger partial charge < -0.3 is 15.2 Å². The van der Waals surface area contributed by atoms with E-state index in [0.717, 1.165) is 16.3 Å². The molecule has 4 rings (SSSR count). The van der Waals surface area contributed by atoms with Gasteiger partial charge in [-0.25, -0.2) is 18.4 Å². The summed E-state index contributed by atoms with van der Waals surface area (Å²) in [5, 5.41) is 16.3. The molecular weight excluding hydrogens is 570 g/mol. The summed E-state index contributed by atoms with van der Waals surface area (Å²) in [6.07, 6.45) is 0.797. The first kappa shape index (κ1) is 29.5. The van der Waals surface area contributed by atoms with E-state index in [1.54, 1.807) is 42.5 Å². The third-order valence-corrected chi connectivity index (χ3v) is 8.87. The second-order valence-electron chi connectivity index (χ2n) is 10.2. The highest BCUT2D eigenvalue weighted by Gasteiger charge is 2.18. The largest absolute Gasteiger partial charge is 0.506 e. The van der Waals surface area contributed by atoms with Gasteiger partial charge in [-0.1, -0.05) is 44.5 Å². The summed E-state index contributed by atoms with van der Waals surface area (Å²) in [6, 6.07) is 15.7. The molecule has 8 nitrogen and oxygen atoms in total. The number of rotatable bonds is 10. The number of aromatic nitrogens is 2. The number of sulfone groups is 1. The van der Waals surface area contributed by atoms with Crippen LogP contribution in [-0.2, 0) is 28.3 Å². The van der Waals surface area contributed by atoms with Gasteiger partial charge in [0.2, 0.25) is 5.88 Å². The zero-order valence-corrected chi connectivity index (χ0v) is 24.7. The first-order chi connectivity index (χ1) is 18.9. The standard InChI is InChI=1S/C29H30ClN3O5S2/c1-29(2,3)25-18-39-27(33-25)17-38-26-8-4-7-22(31-26)28(35)32-23-16-19(9-14-24(23)34)6-5-15-40(36,37)21-12-10-20(30)11-13-21/h4,7-14,16,18,34H,5-6,15,17H2,1-3H3,(H,32,35). The minimum absolute atomic E-state index is 0.0492. The quantitative estimate of drug-likeness (QED) is 0.202. The van der Waals surface area contributed by atoms with Crippen molar-refractivity contribution in [2.24, 2.45) is 0 Å². The van der Waals surface area contributed by atoms with Gasteiger partial charge in [0.1, 0.15) is 23.1 Å². The molecule has 11 heteroatoms. The number of thiazole rings is 1. The van der Waals surface area contributed by atoms with Gasteiger partial charge in [-0.2, -0.15) is 0 Å². The number of phenols is 1. The van der Waals surface area contributed by atoms with Crippen LogP contribution in [0.1, 0.15) is 53.9 Å². The van der Waals surface area contributed by atoms with Crippen LogP contribution in [0.2, 0.25) is 5.02 Å². The molecule has 0 fully saturated rings. The highest BCUT2D eigenvalue weighted by molar-refractivity contribution is 7.91. The molecule has 2 N–H and O–H groups in total. The molecule has 0 unspecified atom stereocenters. The highest BCUT2D eigenvalue weighted by atomic mass is 35.5. The maximum absolute atomic E-state index is 12.9. The van der Waals surface area contributed by atoms with Gasteiger partial charge in [-0.3, -0.25) is 4.79 Å². The minimum atomic E-state index is -3.45. The Hall–Kier alpha value is -3.47. The number of halogens is 1. The summed E-state index contributed by atoms with van der Waals surface area (Å²) in [4.78, 5) is 22.0. The molecule has 0 aliphatic heterocycles. The molecule has 0 spiro atoms. The van der Waals surface area contributed by atoms with Crippen molar-refractivity contribution in [2.75, 3.05) is 11.1 Å². The Kier molecular flexibility index (Phi) is 9.12. The zero-order valence-electron chi connectivity index (χ0n) is 22.3. The SMILES string of the molecule is CC(C)(C)c1csc(COc2cccc(C(=O)Nc3cc(CCCS(=O)(=O)c4ccc(Cl)cc4)ccc3O)n2)n1. The van der Waals surface area contributed by atoms with E-state index in [9.17, 15) is 18.3 Å². The Bertz CT molecular complexity index is 1600. The zero-order chi connectivity index (χ0) is 28.9. The molecule has 0 radical (unpaired) electrons. The van der Waals surface area contributed by atoms with Gasteiger partial charge in [0.15, 0.2) is 9.84 Å². The van der Waals surface area contributed by atoms with Crippen LogP contribution < -0.4 is 10.1 Å². The molecular formula is C29H30ClN3O5S2. The van der Waals surface area contributed by atoms with E-state index in [-0.39, 0.29) is 45.7 Å². The van der Waals surface area contributed by atoms with Gasteiger partial charge in [0.05, 0.1) is 22.0 Å². The number of nitrogens with zero attached hydrogens (tertiary/aromatic N) is 2. The molecule has 4 aromatic rings. The third-order valence-electron chi connectivity index (χ3n) is 5.98. The first-order valence-electron chi connectivity index (χ1n) is 12.6. The van der Waals surface area contributed by atoms with Crippen LogP contribution in [0.15, 0.2) is 70.9 Å². The molecule has 0 saturated heterocycles. The van der Waals surface area contributed by atoms with Crippen molar-refractivity contribution in [1.29, 1.82) is 0 Å². The third kappa shape index (κ3) is 7.80. The number of carbonyl (C=O) groups excluding carboxylic acids is 1. The number of ether oxygens (including phenoxy) is 1. The average Bonchev–Trinajstić information content (AvgIpc) is 3.40. The molecule has 0 atom stereocenters. The van der Waals surface area contributed by atoms with Gasteiger partial charge in [0.25, 0.3) is 5.91 Å². The van der Waals surface area contributed by atoms with Crippen LogP contribution in [-0.4, -0.2) is 35.2 Å². The van der Waals surface area contributed by atoms with Crippen molar-refractivity contribution in [3.8, 4) is 11.6 Å². The molecule has 2 aromatic carbocycles. The summed E-state index contributed by atoms with van der Waals surface area (Å²) in [6.45, 7) is 6.51. The summed E-state index contributed by atoms with van der Waals surface area (Å²) in [5.41, 5.74) is 2.02. The van der Waals surface area contributed by atoms with Gasteiger partial charge in [-0.05, 0) is 60.9 Å². The minimum Gasteiger partial charge on any atom is -0.506 e. The lowest BCUT2D eigenvalue weighted by Crippen LogP contribution is -2.14. The van der Waals surface area contributed by atoms with Crippen LogP contribution in [0, 0.1) is 0 Å². The van der Waals surface area contributed by atoms with Crippen LogP contribution in [0.5, 0.6) is 11.6 Å². The van der Waals surface area contributed by atoms with E-state index in [0.29, 0.717) is 17.9 Å². The predicted molar refractivity (Wildman–Crippen MR) is 157 cm³/mol. The normalized spacial score (nSPS) is 11.8. The predicted octanol–water partition coefficient (Wildman–Crippen LogP) is 6.43. The molecule has 210 valence electrons. The Labute approximate surface area is 243 Å². The Morgan fingerprint density at radius 2 is 1.82 bits per heavy atom. The Balaban J connectivity index is 1.36. The van der Waals surface area contributed by atoms with E-state index in [4.69, 9.17) is 16.3 Å². The van der Waals surface area contributed by atoms with Crippen molar-refractivity contribution in [3.05, 3.63) is 93.0 Å². The number of aryl methyl sites for hydroxylation is 1. The maximum atomic E-state index is 12.9. The molecule has 1 amide bonds. The van der Waals surface area contributed by atoms with E-state index in [1.165, 1.54) is 29.5 Å². The van der Waals surface area contributed by atoms with Gasteiger partial charge in [-0.15, -0.1) is 11.3 Å². The average molecular weight is 600 g/mol. The van der Waals surface area contributed by atoms with E-state index in [2.05, 4.69) is 36.1 Å². The summed E-state index contributed by atoms with van der Waals surface area (Å²) >= 11 is 7.36. The monoisotopic (exact) mass is 599 g/mol.